The fourth-order valence-electron chi connectivity index (χ4n) is 2.54. The number of furan rings is 1. The lowest BCUT2D eigenvalue weighted by atomic mass is 10.2. The Bertz CT molecular complexity index is 999. The van der Waals surface area contributed by atoms with Gasteiger partial charge < -0.3 is 9.73 Å². The van der Waals surface area contributed by atoms with Crippen LogP contribution in [0.15, 0.2) is 65.3 Å². The van der Waals surface area contributed by atoms with Gasteiger partial charge in [-0.25, -0.2) is 4.98 Å². The molecule has 4 rings (SSSR count). The molecule has 4 nitrogen and oxygen atoms in total. The van der Waals surface area contributed by atoms with E-state index < -0.39 is 0 Å². The molecule has 24 heavy (non-hydrogen) atoms. The van der Waals surface area contributed by atoms with Gasteiger partial charge in [-0.3, -0.25) is 4.79 Å². The summed E-state index contributed by atoms with van der Waals surface area (Å²) >= 11 is 1.64. The van der Waals surface area contributed by atoms with Crippen molar-refractivity contribution in [3.05, 3.63) is 72.2 Å². The Hall–Kier alpha value is -2.92. The molecule has 2 aromatic heterocycles. The summed E-state index contributed by atoms with van der Waals surface area (Å²) < 4.78 is 6.33. The van der Waals surface area contributed by atoms with E-state index in [-0.39, 0.29) is 5.91 Å². The summed E-state index contributed by atoms with van der Waals surface area (Å²) in [6, 6.07) is 17.4. The largest absolute Gasteiger partial charge is 0.469 e. The van der Waals surface area contributed by atoms with Crippen LogP contribution in [0.1, 0.15) is 16.1 Å². The third-order valence-electron chi connectivity index (χ3n) is 3.76. The smallest absolute Gasteiger partial charge is 0.259 e. The molecule has 0 atom stereocenters. The average Bonchev–Trinajstić information content (AvgIpc) is 3.21. The second-order valence-corrected chi connectivity index (χ2v) is 6.44. The highest BCUT2D eigenvalue weighted by Gasteiger charge is 2.12. The number of fused-ring (bicyclic) bond motifs is 1. The van der Waals surface area contributed by atoms with E-state index in [1.165, 1.54) is 6.26 Å². The number of carbonyl (C=O) groups is 1. The van der Waals surface area contributed by atoms with Crippen LogP contribution < -0.4 is 5.32 Å². The first kappa shape index (κ1) is 14.7. The van der Waals surface area contributed by atoms with Crippen LogP contribution in [-0.4, -0.2) is 10.9 Å². The summed E-state index contributed by atoms with van der Waals surface area (Å²) in [5.74, 6) is 0.428. The van der Waals surface area contributed by atoms with Crippen molar-refractivity contribution >= 4 is 33.1 Å². The van der Waals surface area contributed by atoms with E-state index in [4.69, 9.17) is 4.42 Å². The molecule has 0 radical (unpaired) electrons. The number of carbonyl (C=O) groups excluding carboxylic acids is 1. The van der Waals surface area contributed by atoms with Crippen molar-refractivity contribution in [1.29, 1.82) is 0 Å². The van der Waals surface area contributed by atoms with Gasteiger partial charge in [0, 0.05) is 11.3 Å². The third-order valence-corrected chi connectivity index (χ3v) is 4.85. The number of anilines is 1. The quantitative estimate of drug-likeness (QED) is 0.566. The van der Waals surface area contributed by atoms with Crippen molar-refractivity contribution in [1.82, 2.24) is 4.98 Å². The minimum atomic E-state index is -0.178. The van der Waals surface area contributed by atoms with Crippen molar-refractivity contribution in [2.75, 3.05) is 5.32 Å². The molecule has 5 heteroatoms. The molecule has 0 aliphatic rings. The van der Waals surface area contributed by atoms with Crippen LogP contribution in [0, 0.1) is 6.92 Å². The van der Waals surface area contributed by atoms with Crippen LogP contribution in [0.5, 0.6) is 0 Å². The first-order valence-corrected chi connectivity index (χ1v) is 8.34. The Balaban J connectivity index is 1.64. The van der Waals surface area contributed by atoms with Gasteiger partial charge >= 0.3 is 0 Å². The number of hydrogen-bond acceptors (Lipinski definition) is 4. The van der Waals surface area contributed by atoms with Crippen molar-refractivity contribution < 1.29 is 9.21 Å². The number of nitrogens with one attached hydrogen (secondary N) is 1. The number of aryl methyl sites for hydroxylation is 1. The zero-order valence-electron chi connectivity index (χ0n) is 12.9. The predicted molar refractivity (Wildman–Crippen MR) is 96.5 cm³/mol. The Labute approximate surface area is 142 Å². The Morgan fingerprint density at radius 1 is 1.12 bits per heavy atom. The number of hydrogen-bond donors (Lipinski definition) is 1. The summed E-state index contributed by atoms with van der Waals surface area (Å²) in [7, 11) is 0. The standard InChI is InChI=1S/C19H14N2O2S/c1-12-15(9-10-23-12)18(22)20-14-6-4-5-13(11-14)19-21-16-7-2-3-8-17(16)24-19/h2-11H,1H3,(H,20,22). The summed E-state index contributed by atoms with van der Waals surface area (Å²) in [4.78, 5) is 17.0. The Morgan fingerprint density at radius 2 is 2.00 bits per heavy atom. The zero-order valence-corrected chi connectivity index (χ0v) is 13.8. The predicted octanol–water partition coefficient (Wildman–Crippen LogP) is 5.12. The number of aromatic nitrogens is 1. The molecule has 1 N–H and O–H groups in total. The monoisotopic (exact) mass is 334 g/mol. The number of rotatable bonds is 3. The summed E-state index contributed by atoms with van der Waals surface area (Å²) in [5.41, 5.74) is 3.25. The number of amides is 1. The highest BCUT2D eigenvalue weighted by atomic mass is 32.1. The molecule has 0 bridgehead atoms. The van der Waals surface area contributed by atoms with Crippen LogP contribution in [0.2, 0.25) is 0 Å². The lowest BCUT2D eigenvalue weighted by molar-refractivity contribution is 0.102. The minimum absolute atomic E-state index is 0.178. The molecule has 0 aliphatic heterocycles. The van der Waals surface area contributed by atoms with Crippen molar-refractivity contribution in [3.63, 3.8) is 0 Å². The number of nitrogens with zero attached hydrogens (tertiary/aromatic N) is 1. The van der Waals surface area contributed by atoms with E-state index in [9.17, 15) is 4.79 Å². The van der Waals surface area contributed by atoms with Gasteiger partial charge in [0.1, 0.15) is 10.8 Å². The molecule has 0 saturated carbocycles. The normalized spacial score (nSPS) is 10.9. The van der Waals surface area contributed by atoms with E-state index in [1.807, 2.05) is 42.5 Å². The van der Waals surface area contributed by atoms with Crippen molar-refractivity contribution in [2.45, 2.75) is 6.92 Å². The molecule has 0 fully saturated rings. The van der Waals surface area contributed by atoms with Crippen LogP contribution in [0.4, 0.5) is 5.69 Å². The Kier molecular flexibility index (Phi) is 3.63. The molecule has 0 unspecified atom stereocenters. The van der Waals surface area contributed by atoms with Crippen LogP contribution in [0.3, 0.4) is 0 Å². The van der Waals surface area contributed by atoms with Gasteiger partial charge in [0.2, 0.25) is 0 Å². The molecule has 0 saturated heterocycles. The topological polar surface area (TPSA) is 55.1 Å². The van der Waals surface area contributed by atoms with Crippen molar-refractivity contribution in [2.24, 2.45) is 0 Å². The lowest BCUT2D eigenvalue weighted by Gasteiger charge is -2.05. The summed E-state index contributed by atoms with van der Waals surface area (Å²) in [5, 5.41) is 3.84. The highest BCUT2D eigenvalue weighted by molar-refractivity contribution is 7.21. The number of para-hydroxylation sites is 1. The second-order valence-electron chi connectivity index (χ2n) is 5.41. The first-order chi connectivity index (χ1) is 11.7. The fraction of sp³-hybridized carbons (Fsp3) is 0.0526. The van der Waals surface area contributed by atoms with E-state index in [1.54, 1.807) is 24.3 Å². The third kappa shape index (κ3) is 2.70. The maximum atomic E-state index is 12.3. The first-order valence-electron chi connectivity index (χ1n) is 7.52. The highest BCUT2D eigenvalue weighted by Crippen LogP contribution is 2.31. The number of benzene rings is 2. The van der Waals surface area contributed by atoms with Gasteiger partial charge in [-0.2, -0.15) is 0 Å². The van der Waals surface area contributed by atoms with Crippen LogP contribution in [-0.2, 0) is 0 Å². The van der Waals surface area contributed by atoms with E-state index in [0.717, 1.165) is 26.5 Å². The number of thiazole rings is 1. The SMILES string of the molecule is Cc1occc1C(=O)Nc1cccc(-c2nc3ccccc3s2)c1. The summed E-state index contributed by atoms with van der Waals surface area (Å²) in [6.45, 7) is 1.77. The van der Waals surface area contributed by atoms with Gasteiger partial charge in [-0.15, -0.1) is 11.3 Å². The minimum Gasteiger partial charge on any atom is -0.469 e. The van der Waals surface area contributed by atoms with Crippen LogP contribution >= 0.6 is 11.3 Å². The van der Waals surface area contributed by atoms with Gasteiger partial charge in [0.25, 0.3) is 5.91 Å². The molecule has 118 valence electrons. The van der Waals surface area contributed by atoms with E-state index in [0.29, 0.717) is 11.3 Å². The molecular formula is C19H14N2O2S. The van der Waals surface area contributed by atoms with Gasteiger partial charge in [-0.1, -0.05) is 24.3 Å². The maximum absolute atomic E-state index is 12.3. The molecule has 0 aliphatic carbocycles. The average molecular weight is 334 g/mol. The molecular weight excluding hydrogens is 320 g/mol. The molecule has 1 amide bonds. The summed E-state index contributed by atoms with van der Waals surface area (Å²) in [6.07, 6.45) is 1.52. The molecule has 4 aromatic rings. The molecule has 2 heterocycles. The fourth-order valence-corrected chi connectivity index (χ4v) is 3.51. The molecule has 0 spiro atoms. The zero-order chi connectivity index (χ0) is 16.5. The van der Waals surface area contributed by atoms with Crippen molar-refractivity contribution in [3.8, 4) is 10.6 Å². The van der Waals surface area contributed by atoms with Crippen LogP contribution in [0.25, 0.3) is 20.8 Å². The van der Waals surface area contributed by atoms with Gasteiger partial charge in [0.05, 0.1) is 22.0 Å². The molecule has 2 aromatic carbocycles. The van der Waals surface area contributed by atoms with Gasteiger partial charge in [0.15, 0.2) is 0 Å². The maximum Gasteiger partial charge on any atom is 0.259 e. The Morgan fingerprint density at radius 3 is 2.79 bits per heavy atom. The van der Waals surface area contributed by atoms with E-state index >= 15 is 0 Å². The second kappa shape index (κ2) is 5.94. The van der Waals surface area contributed by atoms with Gasteiger partial charge in [-0.05, 0) is 37.3 Å². The lowest BCUT2D eigenvalue weighted by Crippen LogP contribution is -2.12. The van der Waals surface area contributed by atoms with E-state index in [2.05, 4.69) is 16.4 Å².